The minimum absolute atomic E-state index is 0.00661. The van der Waals surface area contributed by atoms with E-state index in [1.165, 1.54) is 7.11 Å². The van der Waals surface area contributed by atoms with Crippen LogP contribution in [0.3, 0.4) is 0 Å². The molecule has 0 atom stereocenters. The van der Waals surface area contributed by atoms with Gasteiger partial charge in [0, 0.05) is 38.6 Å². The predicted molar refractivity (Wildman–Crippen MR) is 93.9 cm³/mol. The largest absolute Gasteiger partial charge is 0.490 e. The van der Waals surface area contributed by atoms with Crippen molar-refractivity contribution in [2.24, 2.45) is 0 Å². The molecule has 1 aliphatic heterocycles. The van der Waals surface area contributed by atoms with E-state index in [0.717, 1.165) is 12.8 Å². The summed E-state index contributed by atoms with van der Waals surface area (Å²) < 4.78 is 10.8. The fourth-order valence-electron chi connectivity index (χ4n) is 2.83. The van der Waals surface area contributed by atoms with Gasteiger partial charge in [-0.2, -0.15) is 5.21 Å². The number of likely N-dealkylation sites (tertiary alicyclic amines) is 1. The highest BCUT2D eigenvalue weighted by Crippen LogP contribution is 2.20. The van der Waals surface area contributed by atoms with Crippen molar-refractivity contribution in [1.29, 1.82) is 0 Å². The van der Waals surface area contributed by atoms with Crippen LogP contribution in [0.1, 0.15) is 29.0 Å². The summed E-state index contributed by atoms with van der Waals surface area (Å²) in [5, 5.41) is 16.0. The highest BCUT2D eigenvalue weighted by molar-refractivity contribution is 5.94. The molecule has 1 saturated heterocycles. The first-order valence-corrected chi connectivity index (χ1v) is 8.69. The number of benzene rings is 1. The van der Waals surface area contributed by atoms with E-state index in [-0.39, 0.29) is 31.1 Å². The van der Waals surface area contributed by atoms with Gasteiger partial charge in [-0.1, -0.05) is 5.21 Å². The van der Waals surface area contributed by atoms with Gasteiger partial charge in [0.15, 0.2) is 5.82 Å². The summed E-state index contributed by atoms with van der Waals surface area (Å²) in [7, 11) is 1.52. The summed E-state index contributed by atoms with van der Waals surface area (Å²) >= 11 is 0. The quantitative estimate of drug-likeness (QED) is 0.707. The number of hydrogen-bond acceptors (Lipinski definition) is 7. The second kappa shape index (κ2) is 9.08. The number of H-pyrrole nitrogens is 1. The summed E-state index contributed by atoms with van der Waals surface area (Å²) in [5.41, 5.74) is 0.519. The molecule has 2 amide bonds. The number of carbonyl (C=O) groups excluding carboxylic acids is 2. The Kier molecular flexibility index (Phi) is 6.31. The van der Waals surface area contributed by atoms with Crippen LogP contribution in [0.25, 0.3) is 0 Å². The normalized spacial score (nSPS) is 14.8. The number of amides is 2. The third-order valence-corrected chi connectivity index (χ3v) is 4.28. The summed E-state index contributed by atoms with van der Waals surface area (Å²) in [6.45, 7) is 1.63. The molecular formula is C17H22N6O4. The van der Waals surface area contributed by atoms with E-state index < -0.39 is 0 Å². The van der Waals surface area contributed by atoms with Crippen LogP contribution < -0.4 is 10.1 Å². The maximum atomic E-state index is 12.1. The molecule has 10 heteroatoms. The minimum Gasteiger partial charge on any atom is -0.490 e. The SMILES string of the molecule is COCC(=O)N1CCC(Oc2ccc(C(=O)NCc3nn[nH]n3)cc2)CC1. The fourth-order valence-corrected chi connectivity index (χ4v) is 2.83. The van der Waals surface area contributed by atoms with Crippen LogP contribution >= 0.6 is 0 Å². The molecule has 0 radical (unpaired) electrons. The Hall–Kier alpha value is -3.01. The molecule has 2 heterocycles. The Morgan fingerprint density at radius 3 is 2.63 bits per heavy atom. The van der Waals surface area contributed by atoms with Crippen molar-refractivity contribution >= 4 is 11.8 Å². The monoisotopic (exact) mass is 374 g/mol. The van der Waals surface area contributed by atoms with Crippen LogP contribution in [-0.4, -0.2) is 70.2 Å². The van der Waals surface area contributed by atoms with Gasteiger partial charge in [0.2, 0.25) is 5.91 Å². The number of carbonyl (C=O) groups is 2. The van der Waals surface area contributed by atoms with Crippen molar-refractivity contribution in [1.82, 2.24) is 30.8 Å². The van der Waals surface area contributed by atoms with Crippen LogP contribution in [0.2, 0.25) is 0 Å². The van der Waals surface area contributed by atoms with Crippen molar-refractivity contribution in [2.75, 3.05) is 26.8 Å². The molecule has 1 aromatic heterocycles. The van der Waals surface area contributed by atoms with E-state index in [9.17, 15) is 9.59 Å². The molecule has 3 rings (SSSR count). The third-order valence-electron chi connectivity index (χ3n) is 4.28. The highest BCUT2D eigenvalue weighted by Gasteiger charge is 2.23. The van der Waals surface area contributed by atoms with E-state index in [2.05, 4.69) is 25.9 Å². The number of methoxy groups -OCH3 is 1. The summed E-state index contributed by atoms with van der Waals surface area (Å²) in [6, 6.07) is 6.95. The van der Waals surface area contributed by atoms with Gasteiger partial charge in [-0.15, -0.1) is 10.2 Å². The van der Waals surface area contributed by atoms with E-state index in [1.807, 2.05) is 0 Å². The zero-order chi connectivity index (χ0) is 19.1. The van der Waals surface area contributed by atoms with Crippen molar-refractivity contribution in [3.05, 3.63) is 35.7 Å². The topological polar surface area (TPSA) is 122 Å². The zero-order valence-electron chi connectivity index (χ0n) is 15.1. The Bertz CT molecular complexity index is 741. The Morgan fingerprint density at radius 2 is 2.00 bits per heavy atom. The molecule has 1 aromatic carbocycles. The van der Waals surface area contributed by atoms with E-state index >= 15 is 0 Å². The number of nitrogens with zero attached hydrogens (tertiary/aromatic N) is 4. The molecule has 2 aromatic rings. The van der Waals surface area contributed by atoms with Crippen molar-refractivity contribution in [2.45, 2.75) is 25.5 Å². The minimum atomic E-state index is -0.226. The summed E-state index contributed by atoms with van der Waals surface area (Å²) in [5.74, 6) is 0.897. The van der Waals surface area contributed by atoms with Gasteiger partial charge in [-0.05, 0) is 24.3 Å². The first-order chi connectivity index (χ1) is 13.2. The first-order valence-electron chi connectivity index (χ1n) is 8.69. The van der Waals surface area contributed by atoms with Gasteiger partial charge < -0.3 is 19.7 Å². The number of ether oxygens (including phenoxy) is 2. The first kappa shape index (κ1) is 18.8. The predicted octanol–water partition coefficient (Wildman–Crippen LogP) is 0.146. The van der Waals surface area contributed by atoms with E-state index in [1.54, 1.807) is 29.2 Å². The molecule has 0 bridgehead atoms. The van der Waals surface area contributed by atoms with Gasteiger partial charge in [-0.25, -0.2) is 0 Å². The van der Waals surface area contributed by atoms with Gasteiger partial charge >= 0.3 is 0 Å². The Labute approximate surface area is 156 Å². The van der Waals surface area contributed by atoms with Gasteiger partial charge in [0.25, 0.3) is 5.91 Å². The molecule has 27 heavy (non-hydrogen) atoms. The number of nitrogens with one attached hydrogen (secondary N) is 2. The van der Waals surface area contributed by atoms with Gasteiger partial charge in [0.1, 0.15) is 18.5 Å². The molecule has 0 saturated carbocycles. The molecule has 2 N–H and O–H groups in total. The second-order valence-corrected chi connectivity index (χ2v) is 6.17. The lowest BCUT2D eigenvalue weighted by Gasteiger charge is -2.32. The lowest BCUT2D eigenvalue weighted by Crippen LogP contribution is -2.43. The van der Waals surface area contributed by atoms with Crippen molar-refractivity contribution in [3.8, 4) is 5.75 Å². The van der Waals surface area contributed by atoms with Crippen LogP contribution in [-0.2, 0) is 16.1 Å². The lowest BCUT2D eigenvalue weighted by atomic mass is 10.1. The van der Waals surface area contributed by atoms with E-state index in [4.69, 9.17) is 9.47 Å². The molecule has 144 valence electrons. The van der Waals surface area contributed by atoms with E-state index in [0.29, 0.717) is 30.2 Å². The summed E-state index contributed by atoms with van der Waals surface area (Å²) in [6.07, 6.45) is 1.58. The van der Waals surface area contributed by atoms with Crippen LogP contribution in [0.4, 0.5) is 0 Å². The molecule has 1 fully saturated rings. The molecule has 10 nitrogen and oxygen atoms in total. The average molecular weight is 374 g/mol. The highest BCUT2D eigenvalue weighted by atomic mass is 16.5. The number of aromatic nitrogens is 4. The number of rotatable bonds is 7. The second-order valence-electron chi connectivity index (χ2n) is 6.17. The Balaban J connectivity index is 1.45. The fraction of sp³-hybridized carbons (Fsp3) is 0.471. The number of hydrogen-bond donors (Lipinski definition) is 2. The maximum Gasteiger partial charge on any atom is 0.251 e. The van der Waals surface area contributed by atoms with Crippen LogP contribution in [0.15, 0.2) is 24.3 Å². The third kappa shape index (κ3) is 5.23. The van der Waals surface area contributed by atoms with Crippen molar-refractivity contribution < 1.29 is 19.1 Å². The number of aromatic amines is 1. The average Bonchev–Trinajstić information content (AvgIpc) is 3.21. The summed E-state index contributed by atoms with van der Waals surface area (Å²) in [4.78, 5) is 25.7. The molecular weight excluding hydrogens is 352 g/mol. The van der Waals surface area contributed by atoms with Crippen molar-refractivity contribution in [3.63, 3.8) is 0 Å². The van der Waals surface area contributed by atoms with Gasteiger partial charge in [0.05, 0.1) is 6.54 Å². The zero-order valence-corrected chi connectivity index (χ0v) is 15.1. The number of tetrazole rings is 1. The molecule has 1 aliphatic rings. The maximum absolute atomic E-state index is 12.1. The smallest absolute Gasteiger partial charge is 0.251 e. The van der Waals surface area contributed by atoms with Crippen LogP contribution in [0, 0.1) is 0 Å². The Morgan fingerprint density at radius 1 is 1.26 bits per heavy atom. The lowest BCUT2D eigenvalue weighted by molar-refractivity contribution is -0.136. The van der Waals surface area contributed by atoms with Crippen LogP contribution in [0.5, 0.6) is 5.75 Å². The van der Waals surface area contributed by atoms with Gasteiger partial charge in [-0.3, -0.25) is 9.59 Å². The molecule has 0 aliphatic carbocycles. The standard InChI is InChI=1S/C17H22N6O4/c1-26-11-16(24)23-8-6-14(7-9-23)27-13-4-2-12(3-5-13)17(25)18-10-15-19-21-22-20-15/h2-5,14H,6-11H2,1H3,(H,18,25)(H,19,20,21,22). The molecule has 0 spiro atoms. The number of piperidine rings is 1. The molecule has 0 unspecified atom stereocenters.